The topological polar surface area (TPSA) is 92.7 Å². The standard InChI is InChI=1S/C21H22FNO5/c1-3-13-4-6-14(7-5-13)17(24)9-11-19(25)23-20(21(26)27)15-8-10-18(28-2)16(22)12-15/h4-8,10,12,20H,3,9,11H2,1-2H3,(H,23,25)(H,26,27). The van der Waals surface area contributed by atoms with E-state index in [1.165, 1.54) is 19.2 Å². The van der Waals surface area contributed by atoms with Crippen LogP contribution in [0.2, 0.25) is 0 Å². The van der Waals surface area contributed by atoms with E-state index < -0.39 is 23.7 Å². The first-order valence-electron chi connectivity index (χ1n) is 8.83. The number of halogens is 1. The third kappa shape index (κ3) is 5.39. The summed E-state index contributed by atoms with van der Waals surface area (Å²) in [5, 5.41) is 11.7. The normalized spacial score (nSPS) is 11.5. The van der Waals surface area contributed by atoms with Gasteiger partial charge in [-0.3, -0.25) is 9.59 Å². The first-order chi connectivity index (χ1) is 13.3. The Kier molecular flexibility index (Phi) is 7.26. The fraction of sp³-hybridized carbons (Fsp3) is 0.286. The van der Waals surface area contributed by atoms with Crippen molar-refractivity contribution in [3.8, 4) is 5.75 Å². The Bertz CT molecular complexity index is 864. The third-order valence-corrected chi connectivity index (χ3v) is 4.32. The van der Waals surface area contributed by atoms with Crippen LogP contribution in [0.3, 0.4) is 0 Å². The molecule has 2 N–H and O–H groups in total. The van der Waals surface area contributed by atoms with E-state index in [4.69, 9.17) is 4.74 Å². The molecule has 0 aliphatic rings. The fourth-order valence-corrected chi connectivity index (χ4v) is 2.68. The van der Waals surface area contributed by atoms with Gasteiger partial charge in [0.1, 0.15) is 0 Å². The summed E-state index contributed by atoms with van der Waals surface area (Å²) in [7, 11) is 1.29. The highest BCUT2D eigenvalue weighted by Crippen LogP contribution is 2.22. The summed E-state index contributed by atoms with van der Waals surface area (Å²) in [4.78, 5) is 35.8. The molecule has 7 heteroatoms. The lowest BCUT2D eigenvalue weighted by Gasteiger charge is -2.15. The summed E-state index contributed by atoms with van der Waals surface area (Å²) in [5.74, 6) is -2.91. The van der Waals surface area contributed by atoms with Crippen molar-refractivity contribution in [1.29, 1.82) is 0 Å². The van der Waals surface area contributed by atoms with Crippen LogP contribution in [0, 0.1) is 5.82 Å². The van der Waals surface area contributed by atoms with Crippen LogP contribution in [0.25, 0.3) is 0 Å². The molecule has 0 saturated heterocycles. The van der Waals surface area contributed by atoms with Crippen LogP contribution in [-0.2, 0) is 16.0 Å². The van der Waals surface area contributed by atoms with Crippen LogP contribution in [-0.4, -0.2) is 29.9 Å². The van der Waals surface area contributed by atoms with E-state index in [0.717, 1.165) is 18.1 Å². The molecule has 148 valence electrons. The number of hydrogen-bond donors (Lipinski definition) is 2. The Labute approximate surface area is 162 Å². The van der Waals surface area contributed by atoms with Crippen molar-refractivity contribution in [2.24, 2.45) is 0 Å². The SMILES string of the molecule is CCc1ccc(C(=O)CCC(=O)NC(C(=O)O)c2ccc(OC)c(F)c2)cc1. The van der Waals surface area contributed by atoms with Gasteiger partial charge in [-0.2, -0.15) is 0 Å². The Morgan fingerprint density at radius 3 is 2.32 bits per heavy atom. The monoisotopic (exact) mass is 387 g/mol. The molecule has 0 spiro atoms. The van der Waals surface area contributed by atoms with Gasteiger partial charge in [-0.1, -0.05) is 37.3 Å². The lowest BCUT2D eigenvalue weighted by molar-refractivity contribution is -0.142. The smallest absolute Gasteiger partial charge is 0.330 e. The second-order valence-electron chi connectivity index (χ2n) is 6.21. The predicted octanol–water partition coefficient (Wildman–Crippen LogP) is 3.30. The van der Waals surface area contributed by atoms with Gasteiger partial charge in [-0.25, -0.2) is 9.18 Å². The molecule has 2 aromatic carbocycles. The number of carboxylic acids is 1. The number of amides is 1. The van der Waals surface area contributed by atoms with Crippen molar-refractivity contribution in [1.82, 2.24) is 5.32 Å². The molecular weight excluding hydrogens is 365 g/mol. The number of ketones is 1. The van der Waals surface area contributed by atoms with E-state index >= 15 is 0 Å². The molecule has 1 amide bonds. The highest BCUT2D eigenvalue weighted by Gasteiger charge is 2.23. The quantitative estimate of drug-likeness (QED) is 0.644. The summed E-state index contributed by atoms with van der Waals surface area (Å²) >= 11 is 0. The molecule has 0 heterocycles. The minimum atomic E-state index is -1.42. The molecule has 0 fully saturated rings. The van der Waals surface area contributed by atoms with Crippen molar-refractivity contribution in [3.63, 3.8) is 0 Å². The largest absolute Gasteiger partial charge is 0.494 e. The molecule has 1 unspecified atom stereocenters. The summed E-state index contributed by atoms with van der Waals surface area (Å²) in [6.07, 6.45) is 0.636. The lowest BCUT2D eigenvalue weighted by atomic mass is 10.0. The highest BCUT2D eigenvalue weighted by atomic mass is 19.1. The van der Waals surface area contributed by atoms with Gasteiger partial charge in [0.15, 0.2) is 23.4 Å². The van der Waals surface area contributed by atoms with Crippen LogP contribution >= 0.6 is 0 Å². The second kappa shape index (κ2) is 9.64. The molecular formula is C21H22FNO5. The van der Waals surface area contributed by atoms with Gasteiger partial charge >= 0.3 is 5.97 Å². The number of methoxy groups -OCH3 is 1. The summed E-state index contributed by atoms with van der Waals surface area (Å²) in [6.45, 7) is 2.01. The first kappa shape index (κ1) is 21.1. The highest BCUT2D eigenvalue weighted by molar-refractivity contribution is 5.98. The van der Waals surface area contributed by atoms with E-state index in [-0.39, 0.29) is 29.9 Å². The van der Waals surface area contributed by atoms with Gasteiger partial charge in [0.2, 0.25) is 5.91 Å². The van der Waals surface area contributed by atoms with Crippen LogP contribution in [0.15, 0.2) is 42.5 Å². The Morgan fingerprint density at radius 2 is 1.79 bits per heavy atom. The molecule has 0 aliphatic heterocycles. The molecule has 0 aromatic heterocycles. The molecule has 0 aliphatic carbocycles. The maximum Gasteiger partial charge on any atom is 0.330 e. The zero-order valence-electron chi connectivity index (χ0n) is 15.7. The Balaban J connectivity index is 1.99. The van der Waals surface area contributed by atoms with E-state index in [1.54, 1.807) is 12.1 Å². The first-order valence-corrected chi connectivity index (χ1v) is 8.83. The van der Waals surface area contributed by atoms with Crippen molar-refractivity contribution in [2.45, 2.75) is 32.2 Å². The second-order valence-corrected chi connectivity index (χ2v) is 6.21. The molecule has 0 bridgehead atoms. The molecule has 28 heavy (non-hydrogen) atoms. The van der Waals surface area contributed by atoms with Crippen molar-refractivity contribution in [3.05, 3.63) is 65.0 Å². The van der Waals surface area contributed by atoms with Crippen LogP contribution in [0.4, 0.5) is 4.39 Å². The van der Waals surface area contributed by atoms with E-state index in [9.17, 15) is 23.9 Å². The zero-order chi connectivity index (χ0) is 20.7. The maximum atomic E-state index is 13.8. The number of benzene rings is 2. The molecule has 1 atom stereocenters. The van der Waals surface area contributed by atoms with E-state index in [2.05, 4.69) is 5.32 Å². The number of aliphatic carboxylic acids is 1. The van der Waals surface area contributed by atoms with Gasteiger partial charge in [-0.15, -0.1) is 0 Å². The van der Waals surface area contributed by atoms with E-state index in [1.807, 2.05) is 19.1 Å². The lowest BCUT2D eigenvalue weighted by Crippen LogP contribution is -2.34. The van der Waals surface area contributed by atoms with Crippen LogP contribution in [0.1, 0.15) is 47.3 Å². The molecule has 6 nitrogen and oxygen atoms in total. The predicted molar refractivity (Wildman–Crippen MR) is 101 cm³/mol. The maximum absolute atomic E-state index is 13.8. The van der Waals surface area contributed by atoms with E-state index in [0.29, 0.717) is 5.56 Å². The number of Topliss-reactive ketones (excluding diaryl/α,β-unsaturated/α-hetero) is 1. The Hall–Kier alpha value is -3.22. The summed E-state index contributed by atoms with van der Waals surface area (Å²) in [6, 6.07) is 9.35. The number of hydrogen-bond acceptors (Lipinski definition) is 4. The van der Waals surface area contributed by atoms with Crippen LogP contribution in [0.5, 0.6) is 5.75 Å². The minimum absolute atomic E-state index is 0.0288. The van der Waals surface area contributed by atoms with Crippen molar-refractivity contribution < 1.29 is 28.6 Å². The average molecular weight is 387 g/mol. The zero-order valence-corrected chi connectivity index (χ0v) is 15.7. The third-order valence-electron chi connectivity index (χ3n) is 4.32. The molecule has 2 rings (SSSR count). The van der Waals surface area contributed by atoms with Gasteiger partial charge in [-0.05, 0) is 29.7 Å². The summed E-state index contributed by atoms with van der Waals surface area (Å²) < 4.78 is 18.6. The molecule has 2 aromatic rings. The Morgan fingerprint density at radius 1 is 1.11 bits per heavy atom. The number of carbonyl (C=O) groups is 3. The van der Waals surface area contributed by atoms with Gasteiger partial charge in [0, 0.05) is 18.4 Å². The van der Waals surface area contributed by atoms with Crippen molar-refractivity contribution >= 4 is 17.7 Å². The fourth-order valence-electron chi connectivity index (χ4n) is 2.68. The van der Waals surface area contributed by atoms with Crippen LogP contribution < -0.4 is 10.1 Å². The number of rotatable bonds is 9. The van der Waals surface area contributed by atoms with Gasteiger partial charge in [0.05, 0.1) is 7.11 Å². The number of aryl methyl sites for hydroxylation is 1. The minimum Gasteiger partial charge on any atom is -0.494 e. The average Bonchev–Trinajstić information content (AvgIpc) is 2.70. The van der Waals surface area contributed by atoms with Crippen molar-refractivity contribution in [2.75, 3.05) is 7.11 Å². The van der Waals surface area contributed by atoms with Gasteiger partial charge < -0.3 is 15.2 Å². The number of nitrogens with one attached hydrogen (secondary N) is 1. The molecule has 0 radical (unpaired) electrons. The number of carboxylic acid groups (broad SMARTS) is 1. The van der Waals surface area contributed by atoms with Gasteiger partial charge in [0.25, 0.3) is 0 Å². The number of carbonyl (C=O) groups excluding carboxylic acids is 2. The molecule has 0 saturated carbocycles. The number of ether oxygens (including phenoxy) is 1. The summed E-state index contributed by atoms with van der Waals surface area (Å²) in [5.41, 5.74) is 1.67.